The monoisotopic (exact) mass is 549 g/mol. The number of nitrogens with one attached hydrogen (secondary N) is 2. The Morgan fingerprint density at radius 2 is 1.82 bits per heavy atom. The normalized spacial score (nSPS) is 17.2. The molecule has 2 atom stereocenters. The summed E-state index contributed by atoms with van der Waals surface area (Å²) in [5.74, 6) is 1.12. The third kappa shape index (κ3) is 5.02. The highest BCUT2D eigenvalue weighted by Crippen LogP contribution is 2.44. The summed E-state index contributed by atoms with van der Waals surface area (Å²) in [6.07, 6.45) is 4.86. The molecule has 0 saturated carbocycles. The molecule has 2 N–H and O–H groups in total. The van der Waals surface area contributed by atoms with Crippen LogP contribution >= 0.6 is 12.2 Å². The van der Waals surface area contributed by atoms with Crippen LogP contribution in [0.25, 0.3) is 5.69 Å². The number of nitrogens with zero attached hydrogens (tertiary/aromatic N) is 3. The highest BCUT2D eigenvalue weighted by molar-refractivity contribution is 7.92. The number of rotatable bonds is 8. The van der Waals surface area contributed by atoms with Crippen LogP contribution in [0.5, 0.6) is 11.5 Å². The van der Waals surface area contributed by atoms with Crippen molar-refractivity contribution in [3.05, 3.63) is 96.6 Å². The third-order valence-electron chi connectivity index (χ3n) is 6.27. The Bertz CT molecular complexity index is 1570. The van der Waals surface area contributed by atoms with Gasteiger partial charge in [0.1, 0.15) is 17.5 Å². The quantitative estimate of drug-likeness (QED) is 0.312. The minimum atomic E-state index is -3.49. The van der Waals surface area contributed by atoms with Gasteiger partial charge in [-0.15, -0.1) is 0 Å². The van der Waals surface area contributed by atoms with Gasteiger partial charge in [0.05, 0.1) is 37.9 Å². The molecule has 2 aromatic carbocycles. The van der Waals surface area contributed by atoms with Crippen molar-refractivity contribution >= 4 is 38.7 Å². The number of aromatic nitrogens is 2. The fraction of sp³-hybridized carbons (Fsp3) is 0.185. The van der Waals surface area contributed by atoms with E-state index in [1.165, 1.54) is 7.11 Å². The summed E-state index contributed by atoms with van der Waals surface area (Å²) in [6.45, 7) is 0. The summed E-state index contributed by atoms with van der Waals surface area (Å²) in [4.78, 5) is 6.63. The standard InChI is InChI=1S/C27H27N5O4S2/c1-35-20-9-6-8-18(16-20)31-15-7-11-23(31)26-25(22-10-4-5-14-28-22)29-27(37)32(26)19-12-13-21(24(17-19)36-2)30-38(3,33)34/h4-17,25-26,30H,1-3H3,(H,29,37). The van der Waals surface area contributed by atoms with E-state index in [2.05, 4.69) is 25.7 Å². The van der Waals surface area contributed by atoms with Crippen LogP contribution in [-0.4, -0.2) is 43.6 Å². The molecule has 1 aliphatic heterocycles. The second-order valence-electron chi connectivity index (χ2n) is 8.76. The summed E-state index contributed by atoms with van der Waals surface area (Å²) in [5.41, 5.74) is 3.82. The molecule has 0 bridgehead atoms. The molecule has 4 aromatic rings. The molecule has 0 radical (unpaired) electrons. The van der Waals surface area contributed by atoms with Gasteiger partial charge in [-0.1, -0.05) is 12.1 Å². The highest BCUT2D eigenvalue weighted by atomic mass is 32.2. The lowest BCUT2D eigenvalue weighted by Gasteiger charge is -2.29. The highest BCUT2D eigenvalue weighted by Gasteiger charge is 2.42. The molecular weight excluding hydrogens is 522 g/mol. The van der Waals surface area contributed by atoms with Gasteiger partial charge < -0.3 is 24.3 Å². The van der Waals surface area contributed by atoms with E-state index in [9.17, 15) is 8.42 Å². The van der Waals surface area contributed by atoms with Gasteiger partial charge in [-0.25, -0.2) is 8.42 Å². The maximum atomic E-state index is 11.9. The summed E-state index contributed by atoms with van der Waals surface area (Å²) < 4.78 is 39.3. The number of benzene rings is 2. The van der Waals surface area contributed by atoms with Crippen molar-refractivity contribution in [2.45, 2.75) is 12.1 Å². The first kappa shape index (κ1) is 25.6. The molecule has 196 valence electrons. The molecule has 0 amide bonds. The molecular formula is C27H27N5O4S2. The summed E-state index contributed by atoms with van der Waals surface area (Å²) in [6, 6.07) is 22.4. The lowest BCUT2D eigenvalue weighted by molar-refractivity contribution is 0.414. The number of pyridine rings is 1. The average Bonchev–Trinajstić information content (AvgIpc) is 3.53. The van der Waals surface area contributed by atoms with E-state index in [1.807, 2.05) is 65.7 Å². The van der Waals surface area contributed by atoms with Crippen molar-refractivity contribution in [2.75, 3.05) is 30.1 Å². The Hall–Kier alpha value is -4.09. The van der Waals surface area contributed by atoms with Gasteiger partial charge in [-0.05, 0) is 60.7 Å². The van der Waals surface area contributed by atoms with Crippen molar-refractivity contribution < 1.29 is 17.9 Å². The van der Waals surface area contributed by atoms with Crippen LogP contribution < -0.4 is 24.4 Å². The predicted molar refractivity (Wildman–Crippen MR) is 152 cm³/mol. The zero-order valence-electron chi connectivity index (χ0n) is 21.0. The lowest BCUT2D eigenvalue weighted by Crippen LogP contribution is -2.30. The Kier molecular flexibility index (Phi) is 6.96. The zero-order valence-corrected chi connectivity index (χ0v) is 22.7. The lowest BCUT2D eigenvalue weighted by atomic mass is 10.0. The molecule has 2 aromatic heterocycles. The molecule has 38 heavy (non-hydrogen) atoms. The van der Waals surface area contributed by atoms with Crippen LogP contribution in [0.2, 0.25) is 0 Å². The minimum absolute atomic E-state index is 0.261. The summed E-state index contributed by atoms with van der Waals surface area (Å²) in [7, 11) is -0.351. The second-order valence-corrected chi connectivity index (χ2v) is 10.9. The van der Waals surface area contributed by atoms with Crippen LogP contribution in [-0.2, 0) is 10.0 Å². The van der Waals surface area contributed by atoms with Gasteiger partial charge in [0.15, 0.2) is 5.11 Å². The van der Waals surface area contributed by atoms with Crippen molar-refractivity contribution in [2.24, 2.45) is 0 Å². The van der Waals surface area contributed by atoms with Crippen molar-refractivity contribution in [1.29, 1.82) is 0 Å². The van der Waals surface area contributed by atoms with Crippen LogP contribution in [0.4, 0.5) is 11.4 Å². The predicted octanol–water partition coefficient (Wildman–Crippen LogP) is 4.44. The smallest absolute Gasteiger partial charge is 0.229 e. The van der Waals surface area contributed by atoms with Crippen molar-refractivity contribution in [3.8, 4) is 17.2 Å². The number of hydrogen-bond donors (Lipinski definition) is 2. The summed E-state index contributed by atoms with van der Waals surface area (Å²) >= 11 is 5.86. The molecule has 0 aliphatic carbocycles. The number of methoxy groups -OCH3 is 2. The largest absolute Gasteiger partial charge is 0.497 e. The first-order chi connectivity index (χ1) is 18.3. The fourth-order valence-electron chi connectivity index (χ4n) is 4.68. The molecule has 5 rings (SSSR count). The Balaban J connectivity index is 1.65. The molecule has 9 nitrogen and oxygen atoms in total. The average molecular weight is 550 g/mol. The molecule has 1 aliphatic rings. The third-order valence-corrected chi connectivity index (χ3v) is 7.18. The Morgan fingerprint density at radius 1 is 0.974 bits per heavy atom. The zero-order chi connectivity index (χ0) is 26.9. The SMILES string of the molecule is COc1cccc(-n2cccc2C2C(c3ccccn3)NC(=S)N2c2ccc(NS(C)(=O)=O)c(OC)c2)c1. The van der Waals surface area contributed by atoms with E-state index < -0.39 is 10.0 Å². The number of sulfonamides is 1. The van der Waals surface area contributed by atoms with Gasteiger partial charge in [0, 0.05) is 41.6 Å². The van der Waals surface area contributed by atoms with Crippen LogP contribution in [0.1, 0.15) is 23.5 Å². The Morgan fingerprint density at radius 3 is 2.53 bits per heavy atom. The van der Waals surface area contributed by atoms with E-state index in [1.54, 1.807) is 25.4 Å². The van der Waals surface area contributed by atoms with E-state index >= 15 is 0 Å². The molecule has 0 spiro atoms. The van der Waals surface area contributed by atoms with E-state index in [0.717, 1.165) is 34.8 Å². The van der Waals surface area contributed by atoms with E-state index in [-0.39, 0.29) is 12.1 Å². The van der Waals surface area contributed by atoms with E-state index in [0.29, 0.717) is 16.5 Å². The van der Waals surface area contributed by atoms with Crippen molar-refractivity contribution in [1.82, 2.24) is 14.9 Å². The Labute approximate surface area is 227 Å². The second kappa shape index (κ2) is 10.3. The molecule has 11 heteroatoms. The van der Waals surface area contributed by atoms with Crippen molar-refractivity contribution in [3.63, 3.8) is 0 Å². The molecule has 1 fully saturated rings. The van der Waals surface area contributed by atoms with Gasteiger partial charge in [0.25, 0.3) is 0 Å². The number of thiocarbonyl (C=S) groups is 1. The molecule has 1 saturated heterocycles. The minimum Gasteiger partial charge on any atom is -0.497 e. The first-order valence-corrected chi connectivity index (χ1v) is 14.1. The van der Waals surface area contributed by atoms with E-state index in [4.69, 9.17) is 21.7 Å². The van der Waals surface area contributed by atoms with Crippen LogP contribution in [0.3, 0.4) is 0 Å². The maximum Gasteiger partial charge on any atom is 0.229 e. The van der Waals surface area contributed by atoms with Crippen LogP contribution in [0, 0.1) is 0 Å². The number of anilines is 2. The number of hydrogen-bond acceptors (Lipinski definition) is 6. The van der Waals surface area contributed by atoms with Gasteiger partial charge >= 0.3 is 0 Å². The van der Waals surface area contributed by atoms with Crippen LogP contribution in [0.15, 0.2) is 85.2 Å². The topological polar surface area (TPSA) is 97.7 Å². The molecule has 3 heterocycles. The maximum absolute atomic E-state index is 11.9. The fourth-order valence-corrected chi connectivity index (χ4v) is 5.59. The summed E-state index contributed by atoms with van der Waals surface area (Å²) in [5, 5.41) is 3.96. The molecule has 2 unspecified atom stereocenters. The first-order valence-electron chi connectivity index (χ1n) is 11.8. The van der Waals surface area contributed by atoms with Gasteiger partial charge in [-0.3, -0.25) is 9.71 Å². The van der Waals surface area contributed by atoms with Gasteiger partial charge in [-0.2, -0.15) is 0 Å². The van der Waals surface area contributed by atoms with Gasteiger partial charge in [0.2, 0.25) is 10.0 Å². The number of ether oxygens (including phenoxy) is 2.